The molecule has 0 aromatic carbocycles. The molecule has 0 spiro atoms. The van der Waals surface area contributed by atoms with Crippen molar-refractivity contribution in [2.75, 3.05) is 19.3 Å². The minimum atomic E-state index is -3.01. The highest BCUT2D eigenvalue weighted by atomic mass is 32.2. The first-order valence-corrected chi connectivity index (χ1v) is 7.58. The van der Waals surface area contributed by atoms with Gasteiger partial charge < -0.3 is 5.32 Å². The molecule has 1 aliphatic carbocycles. The van der Waals surface area contributed by atoms with Crippen LogP contribution in [0.4, 0.5) is 0 Å². The van der Waals surface area contributed by atoms with Gasteiger partial charge >= 0.3 is 0 Å². The van der Waals surface area contributed by atoms with Gasteiger partial charge in [-0.3, -0.25) is 0 Å². The Hall–Kier alpha value is -0.130. The second-order valence-electron chi connectivity index (χ2n) is 4.40. The molecule has 1 aliphatic rings. The van der Waals surface area contributed by atoms with Gasteiger partial charge in [0, 0.05) is 12.6 Å². The van der Waals surface area contributed by atoms with Crippen LogP contribution in [-0.2, 0) is 10.0 Å². The van der Waals surface area contributed by atoms with Gasteiger partial charge in [-0.15, -0.1) is 0 Å². The van der Waals surface area contributed by atoms with Gasteiger partial charge in [0.05, 0.1) is 6.26 Å². The minimum Gasteiger partial charge on any atom is -0.314 e. The van der Waals surface area contributed by atoms with Crippen LogP contribution in [0.2, 0.25) is 0 Å². The van der Waals surface area contributed by atoms with E-state index in [9.17, 15) is 8.42 Å². The van der Waals surface area contributed by atoms with Crippen LogP contribution in [0.25, 0.3) is 0 Å². The number of hydrogen-bond donors (Lipinski definition) is 2. The third-order valence-corrected chi connectivity index (χ3v) is 3.66. The van der Waals surface area contributed by atoms with E-state index in [-0.39, 0.29) is 0 Å². The van der Waals surface area contributed by atoms with Crippen molar-refractivity contribution >= 4 is 10.0 Å². The van der Waals surface area contributed by atoms with Crippen LogP contribution in [-0.4, -0.2) is 33.8 Å². The first-order valence-electron chi connectivity index (χ1n) is 5.69. The third kappa shape index (κ3) is 5.49. The maximum Gasteiger partial charge on any atom is 0.208 e. The molecule has 0 bridgehead atoms. The molecule has 0 amide bonds. The van der Waals surface area contributed by atoms with Crippen molar-refractivity contribution in [3.63, 3.8) is 0 Å². The van der Waals surface area contributed by atoms with E-state index in [2.05, 4.69) is 17.0 Å². The first-order chi connectivity index (χ1) is 7.01. The van der Waals surface area contributed by atoms with E-state index in [1.165, 1.54) is 19.1 Å². The Balaban J connectivity index is 2.20. The van der Waals surface area contributed by atoms with Crippen LogP contribution in [0.1, 0.15) is 32.6 Å². The van der Waals surface area contributed by atoms with Gasteiger partial charge in [-0.25, -0.2) is 13.1 Å². The lowest BCUT2D eigenvalue weighted by Gasteiger charge is -2.28. The summed E-state index contributed by atoms with van der Waals surface area (Å²) >= 11 is 0. The highest BCUT2D eigenvalue weighted by molar-refractivity contribution is 7.88. The van der Waals surface area contributed by atoms with E-state index in [4.69, 9.17) is 0 Å². The average Bonchev–Trinajstić information content (AvgIpc) is 2.16. The zero-order valence-electron chi connectivity index (χ0n) is 9.62. The molecule has 0 atom stereocenters. The summed E-state index contributed by atoms with van der Waals surface area (Å²) in [6.07, 6.45) is 5.81. The van der Waals surface area contributed by atoms with Gasteiger partial charge in [0.15, 0.2) is 0 Å². The second-order valence-corrected chi connectivity index (χ2v) is 6.23. The van der Waals surface area contributed by atoms with Gasteiger partial charge in [-0.1, -0.05) is 6.92 Å². The van der Waals surface area contributed by atoms with Crippen molar-refractivity contribution in [3.05, 3.63) is 0 Å². The molecule has 0 aliphatic heterocycles. The molecule has 1 rings (SSSR count). The second kappa shape index (κ2) is 5.82. The van der Waals surface area contributed by atoms with E-state index in [1.807, 2.05) is 0 Å². The Morgan fingerprint density at radius 3 is 2.27 bits per heavy atom. The Labute approximate surface area is 92.9 Å². The first kappa shape index (κ1) is 12.9. The Morgan fingerprint density at radius 1 is 1.20 bits per heavy atom. The predicted molar refractivity (Wildman–Crippen MR) is 62.3 cm³/mol. The van der Waals surface area contributed by atoms with Crippen LogP contribution >= 0.6 is 0 Å². The van der Waals surface area contributed by atoms with Crippen molar-refractivity contribution in [3.8, 4) is 0 Å². The largest absolute Gasteiger partial charge is 0.314 e. The third-order valence-electron chi connectivity index (χ3n) is 2.97. The van der Waals surface area contributed by atoms with Crippen LogP contribution in [0.3, 0.4) is 0 Å². The van der Waals surface area contributed by atoms with Crippen molar-refractivity contribution < 1.29 is 8.42 Å². The maximum atomic E-state index is 10.9. The fourth-order valence-electron chi connectivity index (χ4n) is 2.13. The van der Waals surface area contributed by atoms with Gasteiger partial charge in [0.2, 0.25) is 10.0 Å². The number of rotatable bonds is 5. The van der Waals surface area contributed by atoms with Crippen molar-refractivity contribution in [1.82, 2.24) is 10.0 Å². The van der Waals surface area contributed by atoms with Crippen LogP contribution < -0.4 is 10.0 Å². The van der Waals surface area contributed by atoms with E-state index in [0.717, 1.165) is 19.4 Å². The number of hydrogen-bond acceptors (Lipinski definition) is 3. The molecule has 0 radical (unpaired) electrons. The molecule has 90 valence electrons. The van der Waals surface area contributed by atoms with Crippen molar-refractivity contribution in [2.45, 2.75) is 38.6 Å². The van der Waals surface area contributed by atoms with Gasteiger partial charge in [0.1, 0.15) is 0 Å². The van der Waals surface area contributed by atoms with E-state index in [1.54, 1.807) is 0 Å². The normalized spacial score (nSPS) is 27.9. The summed E-state index contributed by atoms with van der Waals surface area (Å²) < 4.78 is 24.4. The smallest absolute Gasteiger partial charge is 0.208 e. The molecule has 15 heavy (non-hydrogen) atoms. The van der Waals surface area contributed by atoms with Crippen LogP contribution in [0.15, 0.2) is 0 Å². The van der Waals surface area contributed by atoms with Crippen molar-refractivity contribution in [1.29, 1.82) is 0 Å². The molecule has 0 unspecified atom stereocenters. The molecule has 0 saturated heterocycles. The highest BCUT2D eigenvalue weighted by Gasteiger charge is 2.20. The molecule has 2 N–H and O–H groups in total. The quantitative estimate of drug-likeness (QED) is 0.736. The summed E-state index contributed by atoms with van der Waals surface area (Å²) in [5.41, 5.74) is 0. The van der Waals surface area contributed by atoms with Crippen LogP contribution in [0.5, 0.6) is 0 Å². The number of sulfonamides is 1. The van der Waals surface area contributed by atoms with E-state index >= 15 is 0 Å². The number of nitrogens with one attached hydrogen (secondary N) is 2. The Bertz CT molecular complexity index is 269. The standard InChI is InChI=1S/C10H22N2O2S/c1-3-11-10-6-4-9(5-7-10)8-12-15(2,13)14/h9-12H,3-8H2,1-2H3. The Morgan fingerprint density at radius 2 is 1.80 bits per heavy atom. The zero-order chi connectivity index (χ0) is 11.3. The van der Waals surface area contributed by atoms with Crippen LogP contribution in [0, 0.1) is 5.92 Å². The van der Waals surface area contributed by atoms with E-state index < -0.39 is 10.0 Å². The lowest BCUT2D eigenvalue weighted by atomic mass is 9.86. The molecule has 5 heteroatoms. The highest BCUT2D eigenvalue weighted by Crippen LogP contribution is 2.23. The predicted octanol–water partition coefficient (Wildman–Crippen LogP) is 0.704. The Kier molecular flexibility index (Phi) is 5.02. The summed E-state index contributed by atoms with van der Waals surface area (Å²) in [5, 5.41) is 3.44. The molecule has 0 aromatic rings. The van der Waals surface area contributed by atoms with Gasteiger partial charge in [-0.05, 0) is 38.1 Å². The van der Waals surface area contributed by atoms with Crippen molar-refractivity contribution in [2.24, 2.45) is 5.92 Å². The van der Waals surface area contributed by atoms with E-state index in [0.29, 0.717) is 18.5 Å². The molecular weight excluding hydrogens is 212 g/mol. The molecule has 1 fully saturated rings. The monoisotopic (exact) mass is 234 g/mol. The molecule has 0 aromatic heterocycles. The summed E-state index contributed by atoms with van der Waals surface area (Å²) in [4.78, 5) is 0. The van der Waals surface area contributed by atoms with Gasteiger partial charge in [-0.2, -0.15) is 0 Å². The molecule has 4 nitrogen and oxygen atoms in total. The molecular formula is C10H22N2O2S. The lowest BCUT2D eigenvalue weighted by molar-refractivity contribution is 0.295. The average molecular weight is 234 g/mol. The van der Waals surface area contributed by atoms with Gasteiger partial charge in [0.25, 0.3) is 0 Å². The topological polar surface area (TPSA) is 58.2 Å². The SMILES string of the molecule is CCNC1CCC(CNS(C)(=O)=O)CC1. The lowest BCUT2D eigenvalue weighted by Crippen LogP contribution is -2.36. The zero-order valence-corrected chi connectivity index (χ0v) is 10.4. The summed E-state index contributed by atoms with van der Waals surface area (Å²) in [7, 11) is -3.01. The summed E-state index contributed by atoms with van der Waals surface area (Å²) in [5.74, 6) is 0.523. The maximum absolute atomic E-state index is 10.9. The fourth-order valence-corrected chi connectivity index (χ4v) is 2.67. The minimum absolute atomic E-state index is 0.523. The summed E-state index contributed by atoms with van der Waals surface area (Å²) in [6, 6.07) is 0.643. The molecule has 0 heterocycles. The summed E-state index contributed by atoms with van der Waals surface area (Å²) in [6.45, 7) is 3.76. The molecule has 1 saturated carbocycles. The fraction of sp³-hybridized carbons (Fsp3) is 1.00.